The van der Waals surface area contributed by atoms with Crippen molar-refractivity contribution < 1.29 is 22.4 Å². The van der Waals surface area contributed by atoms with Gasteiger partial charge in [0.1, 0.15) is 18.4 Å². The summed E-state index contributed by atoms with van der Waals surface area (Å²) < 4.78 is 42.1. The Labute approximate surface area is 234 Å². The average molecular weight is 574 g/mol. The summed E-state index contributed by atoms with van der Waals surface area (Å²) >= 11 is 6.37. The van der Waals surface area contributed by atoms with Gasteiger partial charge in [0.2, 0.25) is 11.8 Å². The van der Waals surface area contributed by atoms with Gasteiger partial charge in [-0.2, -0.15) is 0 Å². The van der Waals surface area contributed by atoms with Crippen LogP contribution in [0.3, 0.4) is 0 Å². The number of nitrogens with one attached hydrogen (secondary N) is 1. The first-order valence-electron chi connectivity index (χ1n) is 12.4. The van der Waals surface area contributed by atoms with Gasteiger partial charge in [-0.3, -0.25) is 13.9 Å². The molecule has 0 heterocycles. The zero-order chi connectivity index (χ0) is 29.0. The number of aryl methyl sites for hydroxylation is 1. The highest BCUT2D eigenvalue weighted by molar-refractivity contribution is 7.92. The largest absolute Gasteiger partial charge is 0.350 e. The quantitative estimate of drug-likeness (QED) is 0.376. The van der Waals surface area contributed by atoms with E-state index in [1.807, 2.05) is 27.7 Å². The molecule has 208 valence electrons. The van der Waals surface area contributed by atoms with Crippen LogP contribution in [0.15, 0.2) is 77.7 Å². The van der Waals surface area contributed by atoms with Crippen LogP contribution in [0.25, 0.3) is 0 Å². The van der Waals surface area contributed by atoms with E-state index in [0.29, 0.717) is 10.6 Å². The van der Waals surface area contributed by atoms with Crippen LogP contribution in [-0.4, -0.2) is 43.3 Å². The monoisotopic (exact) mass is 573 g/mol. The predicted octanol–water partition coefficient (Wildman–Crippen LogP) is 5.31. The first-order valence-corrected chi connectivity index (χ1v) is 14.2. The van der Waals surface area contributed by atoms with Crippen molar-refractivity contribution in [2.45, 2.75) is 57.6 Å². The van der Waals surface area contributed by atoms with Crippen molar-refractivity contribution in [3.8, 4) is 0 Å². The molecule has 0 aliphatic heterocycles. The standard InChI is InChI=1S/C29H33ClFN3O4S/c1-20-10-16-25(17-11-20)39(37,38)34(24-14-12-23(31)13-15-24)19-27(35)33(18-22-8-6-7-9-26(22)30)21(2)28(36)32-29(3,4)5/h6-17,21H,18-19H2,1-5H3,(H,32,36)/t21-/m1/s1. The topological polar surface area (TPSA) is 86.8 Å². The Morgan fingerprint density at radius 1 is 0.974 bits per heavy atom. The molecule has 2 amide bonds. The number of sulfonamides is 1. The second-order valence-electron chi connectivity index (χ2n) is 10.3. The van der Waals surface area contributed by atoms with Gasteiger partial charge in [-0.25, -0.2) is 12.8 Å². The molecule has 0 saturated carbocycles. The van der Waals surface area contributed by atoms with Crippen molar-refractivity contribution in [3.63, 3.8) is 0 Å². The van der Waals surface area contributed by atoms with Crippen molar-refractivity contribution >= 4 is 39.1 Å². The molecule has 7 nitrogen and oxygen atoms in total. The normalized spacial score (nSPS) is 12.5. The molecule has 0 aliphatic carbocycles. The number of nitrogens with zero attached hydrogens (tertiary/aromatic N) is 2. The van der Waals surface area contributed by atoms with E-state index in [1.165, 1.54) is 29.2 Å². The zero-order valence-electron chi connectivity index (χ0n) is 22.6. The van der Waals surface area contributed by atoms with E-state index < -0.39 is 45.8 Å². The van der Waals surface area contributed by atoms with Gasteiger partial charge in [-0.05, 0) is 82.6 Å². The number of hydrogen-bond acceptors (Lipinski definition) is 4. The van der Waals surface area contributed by atoms with Gasteiger partial charge in [-0.15, -0.1) is 0 Å². The third kappa shape index (κ3) is 7.80. The molecule has 1 N–H and O–H groups in total. The molecule has 0 aliphatic rings. The minimum absolute atomic E-state index is 0.0265. The number of anilines is 1. The summed E-state index contributed by atoms with van der Waals surface area (Å²) in [6.07, 6.45) is 0. The lowest BCUT2D eigenvalue weighted by Crippen LogP contribution is -2.54. The SMILES string of the molecule is Cc1ccc(S(=O)(=O)N(CC(=O)N(Cc2ccccc2Cl)[C@H](C)C(=O)NC(C)(C)C)c2ccc(F)cc2)cc1. The highest BCUT2D eigenvalue weighted by Gasteiger charge is 2.33. The van der Waals surface area contributed by atoms with E-state index in [2.05, 4.69) is 5.32 Å². The lowest BCUT2D eigenvalue weighted by atomic mass is 10.1. The van der Waals surface area contributed by atoms with Gasteiger partial charge >= 0.3 is 0 Å². The van der Waals surface area contributed by atoms with Crippen LogP contribution < -0.4 is 9.62 Å². The van der Waals surface area contributed by atoms with E-state index in [9.17, 15) is 22.4 Å². The first-order chi connectivity index (χ1) is 18.2. The third-order valence-electron chi connectivity index (χ3n) is 5.97. The van der Waals surface area contributed by atoms with Crippen molar-refractivity contribution in [1.82, 2.24) is 10.2 Å². The Kier molecular flexibility index (Phi) is 9.40. The number of rotatable bonds is 9. The maximum absolute atomic E-state index is 13.9. The Morgan fingerprint density at radius 3 is 2.13 bits per heavy atom. The molecule has 0 spiro atoms. The molecular weight excluding hydrogens is 541 g/mol. The minimum Gasteiger partial charge on any atom is -0.350 e. The van der Waals surface area contributed by atoms with Gasteiger partial charge in [0, 0.05) is 17.1 Å². The van der Waals surface area contributed by atoms with Crippen LogP contribution in [0.4, 0.5) is 10.1 Å². The fourth-order valence-electron chi connectivity index (χ4n) is 3.84. The fraction of sp³-hybridized carbons (Fsp3) is 0.310. The summed E-state index contributed by atoms with van der Waals surface area (Å²) in [5.41, 5.74) is 1.01. The van der Waals surface area contributed by atoms with Crippen molar-refractivity contribution in [2.75, 3.05) is 10.8 Å². The predicted molar refractivity (Wildman–Crippen MR) is 151 cm³/mol. The minimum atomic E-state index is -4.23. The summed E-state index contributed by atoms with van der Waals surface area (Å²) in [6.45, 7) is 8.21. The lowest BCUT2D eigenvalue weighted by molar-refractivity contribution is -0.140. The van der Waals surface area contributed by atoms with Crippen LogP contribution in [-0.2, 0) is 26.2 Å². The van der Waals surface area contributed by atoms with Crippen LogP contribution >= 0.6 is 11.6 Å². The van der Waals surface area contributed by atoms with Crippen LogP contribution in [0, 0.1) is 12.7 Å². The number of halogens is 2. The molecule has 1 atom stereocenters. The smallest absolute Gasteiger partial charge is 0.264 e. The number of benzene rings is 3. The zero-order valence-corrected chi connectivity index (χ0v) is 24.2. The van der Waals surface area contributed by atoms with Gasteiger partial charge in [0.05, 0.1) is 10.6 Å². The Hall–Kier alpha value is -3.43. The Morgan fingerprint density at radius 2 is 1.56 bits per heavy atom. The average Bonchev–Trinajstić information content (AvgIpc) is 2.86. The van der Waals surface area contributed by atoms with Gasteiger partial charge in [0.15, 0.2) is 0 Å². The second-order valence-corrected chi connectivity index (χ2v) is 12.6. The first kappa shape index (κ1) is 30.1. The van der Waals surface area contributed by atoms with Crippen LogP contribution in [0.5, 0.6) is 0 Å². The fourth-order valence-corrected chi connectivity index (χ4v) is 5.45. The molecule has 0 fully saturated rings. The highest BCUT2D eigenvalue weighted by atomic mass is 35.5. The molecule has 0 aromatic heterocycles. The number of carbonyl (C=O) groups is 2. The maximum atomic E-state index is 13.9. The van der Waals surface area contributed by atoms with E-state index in [-0.39, 0.29) is 17.1 Å². The molecule has 3 aromatic rings. The van der Waals surface area contributed by atoms with Gasteiger partial charge < -0.3 is 10.2 Å². The molecular formula is C29H33ClFN3O4S. The third-order valence-corrected chi connectivity index (χ3v) is 8.12. The Bertz CT molecular complexity index is 1420. The molecule has 0 unspecified atom stereocenters. The summed E-state index contributed by atoms with van der Waals surface area (Å²) in [5.74, 6) is -1.59. The second kappa shape index (κ2) is 12.2. The maximum Gasteiger partial charge on any atom is 0.264 e. The number of amides is 2. The van der Waals surface area contributed by atoms with E-state index in [1.54, 1.807) is 43.3 Å². The molecule has 3 aromatic carbocycles. The van der Waals surface area contributed by atoms with Crippen molar-refractivity contribution in [2.24, 2.45) is 0 Å². The van der Waals surface area contributed by atoms with Crippen LogP contribution in [0.1, 0.15) is 38.8 Å². The molecule has 39 heavy (non-hydrogen) atoms. The number of hydrogen-bond donors (Lipinski definition) is 1. The summed E-state index contributed by atoms with van der Waals surface area (Å²) in [7, 11) is -4.23. The Balaban J connectivity index is 2.04. The van der Waals surface area contributed by atoms with E-state index in [4.69, 9.17) is 11.6 Å². The molecule has 0 bridgehead atoms. The van der Waals surface area contributed by atoms with E-state index >= 15 is 0 Å². The summed E-state index contributed by atoms with van der Waals surface area (Å²) in [5, 5.41) is 3.27. The molecule has 10 heteroatoms. The molecule has 3 rings (SSSR count). The molecule has 0 radical (unpaired) electrons. The summed E-state index contributed by atoms with van der Waals surface area (Å²) in [4.78, 5) is 28.3. The highest BCUT2D eigenvalue weighted by Crippen LogP contribution is 2.26. The van der Waals surface area contributed by atoms with Crippen molar-refractivity contribution in [3.05, 3.63) is 94.8 Å². The summed E-state index contributed by atoms with van der Waals surface area (Å²) in [6, 6.07) is 17.0. The van der Waals surface area contributed by atoms with Crippen molar-refractivity contribution in [1.29, 1.82) is 0 Å². The van der Waals surface area contributed by atoms with Gasteiger partial charge in [0.25, 0.3) is 10.0 Å². The molecule has 0 saturated heterocycles. The lowest BCUT2D eigenvalue weighted by Gasteiger charge is -2.33. The van der Waals surface area contributed by atoms with E-state index in [0.717, 1.165) is 22.0 Å². The number of carbonyl (C=O) groups excluding carboxylic acids is 2. The van der Waals surface area contributed by atoms with Gasteiger partial charge in [-0.1, -0.05) is 47.5 Å². The van der Waals surface area contributed by atoms with Crippen LogP contribution in [0.2, 0.25) is 5.02 Å².